The van der Waals surface area contributed by atoms with E-state index in [0.717, 1.165) is 41.7 Å². The minimum atomic E-state index is -0.274. The van der Waals surface area contributed by atoms with Gasteiger partial charge < -0.3 is 10.0 Å². The average molecular weight is 306 g/mol. The van der Waals surface area contributed by atoms with Crippen LogP contribution in [0.25, 0.3) is 22.3 Å². The molecule has 0 saturated carbocycles. The molecule has 0 spiro atoms. The standard InChI is InChI=1S/C18H18N4O/c23-15-5-3-9-22(12-15)17-7-8-19-18(21-17)14-10-13-4-1-2-6-16(13)20-11-14/h1-2,4,6-8,10-11,15,23H,3,5,9,12H2/t15-/m0/s1. The fourth-order valence-electron chi connectivity index (χ4n) is 3.02. The number of anilines is 1. The zero-order valence-electron chi connectivity index (χ0n) is 12.8. The van der Waals surface area contributed by atoms with Crippen LogP contribution in [0.1, 0.15) is 12.8 Å². The molecule has 1 aliphatic rings. The molecule has 4 rings (SSSR count). The maximum absolute atomic E-state index is 9.85. The third-order valence-corrected chi connectivity index (χ3v) is 4.21. The summed E-state index contributed by atoms with van der Waals surface area (Å²) >= 11 is 0. The van der Waals surface area contributed by atoms with Gasteiger partial charge in [0.05, 0.1) is 11.6 Å². The van der Waals surface area contributed by atoms with Crippen molar-refractivity contribution in [2.24, 2.45) is 0 Å². The molecule has 1 N–H and O–H groups in total. The molecule has 1 aliphatic heterocycles. The van der Waals surface area contributed by atoms with Crippen molar-refractivity contribution in [3.05, 3.63) is 48.8 Å². The van der Waals surface area contributed by atoms with Crippen molar-refractivity contribution in [1.29, 1.82) is 0 Å². The smallest absolute Gasteiger partial charge is 0.163 e. The predicted molar refractivity (Wildman–Crippen MR) is 90.2 cm³/mol. The number of aliphatic hydroxyl groups excluding tert-OH is 1. The molecule has 23 heavy (non-hydrogen) atoms. The van der Waals surface area contributed by atoms with Crippen LogP contribution in [0.4, 0.5) is 5.82 Å². The van der Waals surface area contributed by atoms with E-state index in [1.54, 1.807) is 6.20 Å². The van der Waals surface area contributed by atoms with Crippen LogP contribution in [-0.4, -0.2) is 39.3 Å². The largest absolute Gasteiger partial charge is 0.391 e. The maximum atomic E-state index is 9.85. The van der Waals surface area contributed by atoms with Crippen LogP contribution in [0, 0.1) is 0 Å². The quantitative estimate of drug-likeness (QED) is 0.788. The van der Waals surface area contributed by atoms with Crippen LogP contribution < -0.4 is 4.90 Å². The maximum Gasteiger partial charge on any atom is 0.163 e. The average Bonchev–Trinajstić information content (AvgIpc) is 2.61. The summed E-state index contributed by atoms with van der Waals surface area (Å²) in [4.78, 5) is 15.7. The first-order valence-corrected chi connectivity index (χ1v) is 7.91. The van der Waals surface area contributed by atoms with Gasteiger partial charge in [0.25, 0.3) is 0 Å². The molecule has 5 nitrogen and oxygen atoms in total. The van der Waals surface area contributed by atoms with Gasteiger partial charge in [-0.05, 0) is 31.0 Å². The summed E-state index contributed by atoms with van der Waals surface area (Å²) in [6.07, 6.45) is 5.16. The number of hydrogen-bond donors (Lipinski definition) is 1. The molecule has 0 radical (unpaired) electrons. The number of β-amino-alcohol motifs (C(OH)–C–C–N with tert-alkyl or cyclic N) is 1. The van der Waals surface area contributed by atoms with Crippen molar-refractivity contribution < 1.29 is 5.11 Å². The van der Waals surface area contributed by atoms with Crippen LogP contribution in [0.2, 0.25) is 0 Å². The Hall–Kier alpha value is -2.53. The van der Waals surface area contributed by atoms with Gasteiger partial charge in [-0.25, -0.2) is 9.97 Å². The zero-order chi connectivity index (χ0) is 15.6. The van der Waals surface area contributed by atoms with Gasteiger partial charge in [0.1, 0.15) is 5.82 Å². The molecule has 1 aromatic carbocycles. The third-order valence-electron chi connectivity index (χ3n) is 4.21. The van der Waals surface area contributed by atoms with E-state index in [9.17, 15) is 5.11 Å². The van der Waals surface area contributed by atoms with E-state index in [2.05, 4.69) is 25.9 Å². The van der Waals surface area contributed by atoms with E-state index in [1.165, 1.54) is 0 Å². The molecule has 3 aromatic rings. The Kier molecular flexibility index (Phi) is 3.63. The molecular weight excluding hydrogens is 288 g/mol. The summed E-state index contributed by atoms with van der Waals surface area (Å²) < 4.78 is 0. The lowest BCUT2D eigenvalue weighted by molar-refractivity contribution is 0.154. The Morgan fingerprint density at radius 3 is 2.96 bits per heavy atom. The van der Waals surface area contributed by atoms with E-state index >= 15 is 0 Å². The van der Waals surface area contributed by atoms with E-state index in [0.29, 0.717) is 12.4 Å². The Morgan fingerprint density at radius 2 is 2.04 bits per heavy atom. The van der Waals surface area contributed by atoms with Gasteiger partial charge in [-0.15, -0.1) is 0 Å². The first-order chi connectivity index (χ1) is 11.3. The van der Waals surface area contributed by atoms with Crippen molar-refractivity contribution in [2.45, 2.75) is 18.9 Å². The molecule has 116 valence electrons. The first kappa shape index (κ1) is 14.1. The van der Waals surface area contributed by atoms with Crippen LogP contribution in [-0.2, 0) is 0 Å². The Balaban J connectivity index is 1.69. The zero-order valence-corrected chi connectivity index (χ0v) is 12.8. The SMILES string of the molecule is O[C@H]1CCCN(c2ccnc(-c3cnc4ccccc4c3)n2)C1. The summed E-state index contributed by atoms with van der Waals surface area (Å²) in [5, 5.41) is 10.9. The number of piperidine rings is 1. The highest BCUT2D eigenvalue weighted by molar-refractivity contribution is 5.82. The lowest BCUT2D eigenvalue weighted by Crippen LogP contribution is -2.38. The Morgan fingerprint density at radius 1 is 1.13 bits per heavy atom. The van der Waals surface area contributed by atoms with Crippen LogP contribution in [0.15, 0.2) is 48.8 Å². The number of aromatic nitrogens is 3. The summed E-state index contributed by atoms with van der Waals surface area (Å²) in [5.41, 5.74) is 1.87. The molecule has 1 fully saturated rings. The summed E-state index contributed by atoms with van der Waals surface area (Å²) in [7, 11) is 0. The lowest BCUT2D eigenvalue weighted by Gasteiger charge is -2.31. The Bertz CT molecular complexity index is 836. The molecule has 2 aromatic heterocycles. The lowest BCUT2D eigenvalue weighted by atomic mass is 10.1. The summed E-state index contributed by atoms with van der Waals surface area (Å²) in [6, 6.07) is 12.0. The molecule has 0 bridgehead atoms. The number of benzene rings is 1. The molecule has 1 atom stereocenters. The fraction of sp³-hybridized carbons (Fsp3) is 0.278. The van der Waals surface area contributed by atoms with Crippen molar-refractivity contribution in [1.82, 2.24) is 15.0 Å². The normalized spacial score (nSPS) is 18.3. The van der Waals surface area contributed by atoms with Crippen molar-refractivity contribution in [2.75, 3.05) is 18.0 Å². The van der Waals surface area contributed by atoms with Crippen LogP contribution in [0.3, 0.4) is 0 Å². The second kappa shape index (κ2) is 5.93. The molecule has 3 heterocycles. The van der Waals surface area contributed by atoms with Gasteiger partial charge in [-0.2, -0.15) is 0 Å². The fourth-order valence-corrected chi connectivity index (χ4v) is 3.02. The van der Waals surface area contributed by atoms with E-state index < -0.39 is 0 Å². The van der Waals surface area contributed by atoms with Crippen LogP contribution >= 0.6 is 0 Å². The molecule has 1 saturated heterocycles. The van der Waals surface area contributed by atoms with E-state index in [1.807, 2.05) is 36.5 Å². The number of rotatable bonds is 2. The minimum absolute atomic E-state index is 0.274. The number of pyridine rings is 1. The molecule has 0 aliphatic carbocycles. The minimum Gasteiger partial charge on any atom is -0.391 e. The third kappa shape index (κ3) is 2.87. The highest BCUT2D eigenvalue weighted by Crippen LogP contribution is 2.23. The predicted octanol–water partition coefficient (Wildman–Crippen LogP) is 2.65. The number of para-hydroxylation sites is 1. The number of aliphatic hydroxyl groups is 1. The topological polar surface area (TPSA) is 62.1 Å². The van der Waals surface area contributed by atoms with Crippen molar-refractivity contribution in [3.8, 4) is 11.4 Å². The number of hydrogen-bond acceptors (Lipinski definition) is 5. The second-order valence-corrected chi connectivity index (χ2v) is 5.90. The van der Waals surface area contributed by atoms with E-state index in [-0.39, 0.29) is 6.10 Å². The second-order valence-electron chi connectivity index (χ2n) is 5.90. The van der Waals surface area contributed by atoms with Gasteiger partial charge in [-0.1, -0.05) is 18.2 Å². The van der Waals surface area contributed by atoms with Gasteiger partial charge in [0.15, 0.2) is 5.82 Å². The molecular formula is C18H18N4O. The van der Waals surface area contributed by atoms with Gasteiger partial charge in [0, 0.05) is 36.4 Å². The number of nitrogens with zero attached hydrogens (tertiary/aromatic N) is 4. The first-order valence-electron chi connectivity index (χ1n) is 7.91. The van der Waals surface area contributed by atoms with Gasteiger partial charge >= 0.3 is 0 Å². The summed E-state index contributed by atoms with van der Waals surface area (Å²) in [6.45, 7) is 1.55. The summed E-state index contributed by atoms with van der Waals surface area (Å²) in [5.74, 6) is 1.53. The van der Waals surface area contributed by atoms with Gasteiger partial charge in [-0.3, -0.25) is 4.98 Å². The molecule has 5 heteroatoms. The Labute approximate surface area is 134 Å². The van der Waals surface area contributed by atoms with E-state index in [4.69, 9.17) is 0 Å². The monoisotopic (exact) mass is 306 g/mol. The molecule has 0 amide bonds. The van der Waals surface area contributed by atoms with Crippen molar-refractivity contribution >= 4 is 16.7 Å². The highest BCUT2D eigenvalue weighted by Gasteiger charge is 2.19. The highest BCUT2D eigenvalue weighted by atomic mass is 16.3. The van der Waals surface area contributed by atoms with Crippen LogP contribution in [0.5, 0.6) is 0 Å². The molecule has 0 unspecified atom stereocenters. The van der Waals surface area contributed by atoms with Crippen molar-refractivity contribution in [3.63, 3.8) is 0 Å². The van der Waals surface area contributed by atoms with Gasteiger partial charge in [0.2, 0.25) is 0 Å². The number of fused-ring (bicyclic) bond motifs is 1.